The fraction of sp³-hybridized carbons (Fsp3) is 0.273. The molecule has 0 saturated heterocycles. The van der Waals surface area contributed by atoms with Crippen LogP contribution < -0.4 is 15.0 Å². The van der Waals surface area contributed by atoms with Gasteiger partial charge in [-0.1, -0.05) is 42.5 Å². The molecule has 3 rings (SSSR count). The van der Waals surface area contributed by atoms with Crippen LogP contribution in [0.5, 0.6) is 5.75 Å². The number of aromatic nitrogens is 2. The van der Waals surface area contributed by atoms with Crippen molar-refractivity contribution in [1.82, 2.24) is 15.3 Å². The van der Waals surface area contributed by atoms with Gasteiger partial charge in [-0.25, -0.2) is 9.97 Å². The van der Waals surface area contributed by atoms with Crippen molar-refractivity contribution in [2.24, 2.45) is 0 Å². The Labute approximate surface area is 174 Å². The summed E-state index contributed by atoms with van der Waals surface area (Å²) in [4.78, 5) is 10.8. The van der Waals surface area contributed by atoms with Gasteiger partial charge >= 0.3 is 0 Å². The molecular weight excluding hydrogens is 368 g/mol. The molecule has 0 aliphatic heterocycles. The number of hydrogen-bond donors (Lipinski definition) is 1. The Bertz CT molecular complexity index is 858. The van der Waals surface area contributed by atoms with E-state index in [0.29, 0.717) is 5.95 Å². The predicted molar refractivity (Wildman–Crippen MR) is 121 cm³/mol. The Morgan fingerprint density at radius 3 is 2.54 bits per heavy atom. The van der Waals surface area contributed by atoms with E-state index in [1.165, 1.54) is 5.56 Å². The minimum Gasteiger partial charge on any atom is -0.486 e. The lowest BCUT2D eigenvalue weighted by Crippen LogP contribution is -2.16. The van der Waals surface area contributed by atoms with Gasteiger partial charge in [0.05, 0.1) is 5.69 Å². The van der Waals surface area contributed by atoms with Gasteiger partial charge in [-0.05, 0) is 37.4 Å². The maximum atomic E-state index is 6.35. The summed E-state index contributed by atoms with van der Waals surface area (Å²) in [5.74, 6) is 1.53. The Morgan fingerprint density at radius 1 is 1.04 bits per heavy atom. The second kappa shape index (κ2) is 10.7. The number of anilines is 1. The van der Waals surface area contributed by atoms with Crippen LogP contribution in [0.1, 0.15) is 18.1 Å². The van der Waals surface area contributed by atoms with Gasteiger partial charge < -0.3 is 15.0 Å². The number of ether oxygens (including phenoxy) is 1. The Morgan fingerprint density at radius 2 is 1.82 bits per heavy atom. The normalized spacial score (nSPS) is 11.4. The van der Waals surface area contributed by atoms with E-state index in [0.717, 1.165) is 30.0 Å². The molecule has 0 radical (unpaired) electrons. The molecule has 0 fully saturated rings. The average molecular weight is 397 g/mol. The van der Waals surface area contributed by atoms with E-state index in [9.17, 15) is 0 Å². The molecule has 5 nitrogen and oxygen atoms in total. The van der Waals surface area contributed by atoms with Crippen molar-refractivity contribution in [2.45, 2.75) is 12.5 Å². The average Bonchev–Trinajstić information content (AvgIpc) is 2.72. The smallest absolute Gasteiger partial charge is 0.225 e. The lowest BCUT2D eigenvalue weighted by molar-refractivity contribution is 0.195. The summed E-state index contributed by atoms with van der Waals surface area (Å²) in [6, 6.07) is 20.3. The number of benzene rings is 2. The van der Waals surface area contributed by atoms with Crippen molar-refractivity contribution in [3.63, 3.8) is 0 Å². The molecule has 2 aromatic carbocycles. The highest BCUT2D eigenvalue weighted by Crippen LogP contribution is 2.28. The van der Waals surface area contributed by atoms with Crippen LogP contribution in [0.4, 0.5) is 5.95 Å². The van der Waals surface area contributed by atoms with E-state index >= 15 is 0 Å². The first-order chi connectivity index (χ1) is 13.2. The molecule has 0 spiro atoms. The SMILES string of the molecule is CNCC[C@H](Oc1cccc(-c2ccnc(N(C)C)n2)c1)c1ccccc1.S. The zero-order valence-electron chi connectivity index (χ0n) is 16.6. The molecule has 3 aromatic rings. The van der Waals surface area contributed by atoms with Crippen LogP contribution in [0.15, 0.2) is 66.9 Å². The van der Waals surface area contributed by atoms with Crippen molar-refractivity contribution >= 4 is 19.4 Å². The van der Waals surface area contributed by atoms with Gasteiger partial charge in [0.25, 0.3) is 0 Å². The topological polar surface area (TPSA) is 50.3 Å². The molecule has 0 amide bonds. The van der Waals surface area contributed by atoms with E-state index in [1.54, 1.807) is 6.20 Å². The zero-order chi connectivity index (χ0) is 19.1. The van der Waals surface area contributed by atoms with Gasteiger partial charge in [-0.3, -0.25) is 0 Å². The van der Waals surface area contributed by atoms with Crippen molar-refractivity contribution in [3.05, 3.63) is 72.4 Å². The summed E-state index contributed by atoms with van der Waals surface area (Å²) < 4.78 is 6.35. The number of rotatable bonds is 8. The van der Waals surface area contributed by atoms with Crippen LogP contribution in [0, 0.1) is 0 Å². The first kappa shape index (κ1) is 21.7. The lowest BCUT2D eigenvalue weighted by atomic mass is 10.1. The predicted octanol–water partition coefficient (Wildman–Crippen LogP) is 4.05. The van der Waals surface area contributed by atoms with Crippen LogP contribution in [0.25, 0.3) is 11.3 Å². The van der Waals surface area contributed by atoms with E-state index in [-0.39, 0.29) is 19.6 Å². The van der Waals surface area contributed by atoms with Crippen molar-refractivity contribution < 1.29 is 4.74 Å². The minimum atomic E-state index is -0.00312. The first-order valence-electron chi connectivity index (χ1n) is 9.14. The van der Waals surface area contributed by atoms with Gasteiger partial charge in [0.15, 0.2) is 0 Å². The molecule has 1 N–H and O–H groups in total. The van der Waals surface area contributed by atoms with E-state index < -0.39 is 0 Å². The third kappa shape index (κ3) is 5.71. The highest BCUT2D eigenvalue weighted by atomic mass is 32.1. The Hall–Kier alpha value is -2.57. The maximum Gasteiger partial charge on any atom is 0.225 e. The van der Waals surface area contributed by atoms with Crippen LogP contribution in [-0.2, 0) is 0 Å². The number of hydrogen-bond acceptors (Lipinski definition) is 5. The fourth-order valence-electron chi connectivity index (χ4n) is 2.85. The highest BCUT2D eigenvalue weighted by Gasteiger charge is 2.13. The van der Waals surface area contributed by atoms with Gasteiger partial charge in [-0.2, -0.15) is 13.5 Å². The zero-order valence-corrected chi connectivity index (χ0v) is 17.6. The molecular formula is C22H28N4OS. The molecule has 1 heterocycles. The summed E-state index contributed by atoms with van der Waals surface area (Å²) in [6.07, 6.45) is 2.67. The quantitative estimate of drug-likeness (QED) is 0.622. The fourth-order valence-corrected chi connectivity index (χ4v) is 2.85. The monoisotopic (exact) mass is 396 g/mol. The van der Waals surface area contributed by atoms with Crippen molar-refractivity contribution in [2.75, 3.05) is 32.6 Å². The summed E-state index contributed by atoms with van der Waals surface area (Å²) in [7, 11) is 5.83. The third-order valence-corrected chi connectivity index (χ3v) is 4.28. The van der Waals surface area contributed by atoms with Crippen LogP contribution in [0.2, 0.25) is 0 Å². The van der Waals surface area contributed by atoms with Crippen molar-refractivity contribution in [1.29, 1.82) is 0 Å². The first-order valence-corrected chi connectivity index (χ1v) is 9.14. The molecule has 0 unspecified atom stereocenters. The summed E-state index contributed by atoms with van der Waals surface area (Å²) in [5.41, 5.74) is 3.07. The molecule has 148 valence electrons. The standard InChI is InChI=1S/C22H26N4O.H2S/c1-23-14-13-21(17-8-5-4-6-9-17)27-19-11-7-10-18(16-19)20-12-15-24-22(25-20)26(2)3;/h4-12,15-16,21,23H,13-14H2,1-3H3;1H2/t21-;/m0./s1. The van der Waals surface area contributed by atoms with Gasteiger partial charge in [0.1, 0.15) is 11.9 Å². The van der Waals surface area contributed by atoms with E-state index in [4.69, 9.17) is 4.74 Å². The number of nitrogens with one attached hydrogen (secondary N) is 1. The van der Waals surface area contributed by atoms with Crippen LogP contribution >= 0.6 is 13.5 Å². The molecule has 0 aliphatic rings. The summed E-state index contributed by atoms with van der Waals surface area (Å²) in [6.45, 7) is 0.886. The van der Waals surface area contributed by atoms with Gasteiger partial charge in [0.2, 0.25) is 5.95 Å². The van der Waals surface area contributed by atoms with Crippen LogP contribution in [0.3, 0.4) is 0 Å². The second-order valence-electron chi connectivity index (χ2n) is 6.57. The second-order valence-corrected chi connectivity index (χ2v) is 6.57. The Balaban J connectivity index is 0.00000280. The van der Waals surface area contributed by atoms with Gasteiger partial charge in [-0.15, -0.1) is 0 Å². The van der Waals surface area contributed by atoms with E-state index in [1.807, 2.05) is 74.6 Å². The molecule has 0 bridgehead atoms. The molecule has 1 aromatic heterocycles. The molecule has 6 heteroatoms. The Kier molecular flexibility index (Phi) is 8.29. The minimum absolute atomic E-state index is 0. The largest absolute Gasteiger partial charge is 0.486 e. The lowest BCUT2D eigenvalue weighted by Gasteiger charge is -2.20. The summed E-state index contributed by atoms with van der Waals surface area (Å²) >= 11 is 0. The molecule has 0 aliphatic carbocycles. The summed E-state index contributed by atoms with van der Waals surface area (Å²) in [5, 5.41) is 3.21. The molecule has 28 heavy (non-hydrogen) atoms. The number of nitrogens with zero attached hydrogens (tertiary/aromatic N) is 3. The molecule has 1 atom stereocenters. The van der Waals surface area contributed by atoms with Crippen molar-refractivity contribution in [3.8, 4) is 17.0 Å². The van der Waals surface area contributed by atoms with Crippen LogP contribution in [-0.4, -0.2) is 37.7 Å². The van der Waals surface area contributed by atoms with E-state index in [2.05, 4.69) is 27.4 Å². The van der Waals surface area contributed by atoms with Gasteiger partial charge in [0, 0.05) is 32.3 Å². The molecule has 0 saturated carbocycles. The third-order valence-electron chi connectivity index (χ3n) is 4.28. The highest BCUT2D eigenvalue weighted by molar-refractivity contribution is 7.59. The maximum absolute atomic E-state index is 6.35.